The molecular weight excluding hydrogens is 372 g/mol. The number of para-hydroxylation sites is 1. The summed E-state index contributed by atoms with van der Waals surface area (Å²) in [4.78, 5) is 37.2. The fourth-order valence-corrected chi connectivity index (χ4v) is 3.26. The lowest BCUT2D eigenvalue weighted by atomic mass is 10.1. The van der Waals surface area contributed by atoms with Crippen molar-refractivity contribution in [2.24, 2.45) is 0 Å². The van der Waals surface area contributed by atoms with E-state index in [2.05, 4.69) is 16.0 Å². The molecule has 8 nitrogen and oxygen atoms in total. The van der Waals surface area contributed by atoms with Gasteiger partial charge in [-0.05, 0) is 26.0 Å². The molecule has 146 valence electrons. The van der Waals surface area contributed by atoms with Crippen molar-refractivity contribution in [1.29, 1.82) is 0 Å². The second-order valence-electron chi connectivity index (χ2n) is 6.65. The second kappa shape index (κ2) is 7.23. The van der Waals surface area contributed by atoms with E-state index < -0.39 is 11.8 Å². The number of nitrogens with one attached hydrogen (secondary N) is 2. The SMILES string of the molecule is Cc1c(C(=O)NNC(=O)Cn2nc(C)c3ccccc3c2=O)oc2ccccc12. The molecule has 0 saturated heterocycles. The number of hydrogen-bond donors (Lipinski definition) is 2. The van der Waals surface area contributed by atoms with E-state index in [-0.39, 0.29) is 17.9 Å². The highest BCUT2D eigenvalue weighted by Gasteiger charge is 2.18. The second-order valence-corrected chi connectivity index (χ2v) is 6.65. The fourth-order valence-electron chi connectivity index (χ4n) is 3.26. The van der Waals surface area contributed by atoms with Gasteiger partial charge in [-0.1, -0.05) is 36.4 Å². The Morgan fingerprint density at radius 3 is 2.34 bits per heavy atom. The molecule has 0 aliphatic heterocycles. The Kier molecular flexibility index (Phi) is 4.59. The maximum absolute atomic E-state index is 12.5. The number of fused-ring (bicyclic) bond motifs is 2. The van der Waals surface area contributed by atoms with Crippen LogP contribution < -0.4 is 16.4 Å². The van der Waals surface area contributed by atoms with E-state index >= 15 is 0 Å². The van der Waals surface area contributed by atoms with Gasteiger partial charge < -0.3 is 4.42 Å². The van der Waals surface area contributed by atoms with Gasteiger partial charge in [0, 0.05) is 16.3 Å². The summed E-state index contributed by atoms with van der Waals surface area (Å²) in [5.74, 6) is -1.05. The number of nitrogens with zero attached hydrogens (tertiary/aromatic N) is 2. The van der Waals surface area contributed by atoms with Gasteiger partial charge in [-0.3, -0.25) is 25.2 Å². The van der Waals surface area contributed by atoms with Crippen LogP contribution in [0.1, 0.15) is 21.8 Å². The number of carbonyl (C=O) groups is 2. The van der Waals surface area contributed by atoms with Gasteiger partial charge in [-0.25, -0.2) is 4.68 Å². The number of aromatic nitrogens is 2. The lowest BCUT2D eigenvalue weighted by Crippen LogP contribution is -2.44. The van der Waals surface area contributed by atoms with Crippen LogP contribution in [0, 0.1) is 13.8 Å². The summed E-state index contributed by atoms with van der Waals surface area (Å²) >= 11 is 0. The first-order valence-electron chi connectivity index (χ1n) is 8.99. The van der Waals surface area contributed by atoms with E-state index in [1.807, 2.05) is 24.3 Å². The van der Waals surface area contributed by atoms with E-state index in [1.165, 1.54) is 0 Å². The van der Waals surface area contributed by atoms with Gasteiger partial charge in [0.05, 0.1) is 11.1 Å². The molecule has 29 heavy (non-hydrogen) atoms. The summed E-state index contributed by atoms with van der Waals surface area (Å²) in [6, 6.07) is 14.3. The molecule has 8 heteroatoms. The molecule has 2 aromatic carbocycles. The molecular formula is C21H18N4O4. The van der Waals surface area contributed by atoms with Gasteiger partial charge >= 0.3 is 5.91 Å². The number of hydrogen-bond acceptors (Lipinski definition) is 5. The van der Waals surface area contributed by atoms with Crippen LogP contribution in [0.4, 0.5) is 0 Å². The molecule has 2 aromatic heterocycles. The largest absolute Gasteiger partial charge is 0.451 e. The van der Waals surface area contributed by atoms with Crippen LogP contribution in [0.5, 0.6) is 0 Å². The van der Waals surface area contributed by atoms with Crippen LogP contribution in [0.2, 0.25) is 0 Å². The van der Waals surface area contributed by atoms with Crippen LogP contribution >= 0.6 is 0 Å². The van der Waals surface area contributed by atoms with E-state index in [1.54, 1.807) is 38.1 Å². The molecule has 0 aliphatic carbocycles. The number of hydrazine groups is 1. The highest BCUT2D eigenvalue weighted by molar-refractivity contribution is 5.99. The van der Waals surface area contributed by atoms with Crippen molar-refractivity contribution in [2.75, 3.05) is 0 Å². The van der Waals surface area contributed by atoms with Gasteiger partial charge in [0.25, 0.3) is 11.5 Å². The summed E-state index contributed by atoms with van der Waals surface area (Å²) < 4.78 is 6.64. The molecule has 2 N–H and O–H groups in total. The first-order chi connectivity index (χ1) is 14.0. The van der Waals surface area contributed by atoms with E-state index in [0.717, 1.165) is 15.5 Å². The molecule has 0 bridgehead atoms. The molecule has 0 atom stereocenters. The molecule has 0 fully saturated rings. The molecule has 4 aromatic rings. The third kappa shape index (κ3) is 3.36. The first-order valence-corrected chi connectivity index (χ1v) is 8.99. The Morgan fingerprint density at radius 1 is 0.966 bits per heavy atom. The highest BCUT2D eigenvalue weighted by Crippen LogP contribution is 2.24. The van der Waals surface area contributed by atoms with Gasteiger partial charge in [-0.2, -0.15) is 5.10 Å². The van der Waals surface area contributed by atoms with Gasteiger partial charge in [0.1, 0.15) is 12.1 Å². The summed E-state index contributed by atoms with van der Waals surface area (Å²) in [5.41, 5.74) is 6.14. The van der Waals surface area contributed by atoms with Crippen molar-refractivity contribution in [1.82, 2.24) is 20.6 Å². The van der Waals surface area contributed by atoms with Crippen LogP contribution in [-0.4, -0.2) is 21.6 Å². The standard InChI is InChI=1S/C21H18N4O4/c1-12-14-7-5-6-10-17(14)29-19(12)20(27)23-22-18(26)11-25-21(28)16-9-4-3-8-15(16)13(2)24-25/h3-10H,11H2,1-2H3,(H,22,26)(H,23,27). The third-order valence-electron chi connectivity index (χ3n) is 4.71. The van der Waals surface area contributed by atoms with Gasteiger partial charge in [0.2, 0.25) is 0 Å². The Morgan fingerprint density at radius 2 is 1.62 bits per heavy atom. The first kappa shape index (κ1) is 18.4. The quantitative estimate of drug-likeness (QED) is 0.522. The summed E-state index contributed by atoms with van der Waals surface area (Å²) in [6.07, 6.45) is 0. The average molecular weight is 390 g/mol. The lowest BCUT2D eigenvalue weighted by molar-refractivity contribution is -0.122. The number of rotatable bonds is 3. The molecule has 0 saturated carbocycles. The number of benzene rings is 2. The van der Waals surface area contributed by atoms with E-state index in [4.69, 9.17) is 4.42 Å². The van der Waals surface area contributed by atoms with Crippen molar-refractivity contribution < 1.29 is 14.0 Å². The Labute approximate surface area is 165 Å². The predicted octanol–water partition coefficient (Wildman–Crippen LogP) is 2.22. The summed E-state index contributed by atoms with van der Waals surface area (Å²) in [7, 11) is 0. The molecule has 0 radical (unpaired) electrons. The zero-order valence-electron chi connectivity index (χ0n) is 15.9. The number of aryl methyl sites for hydroxylation is 2. The summed E-state index contributed by atoms with van der Waals surface area (Å²) in [6.45, 7) is 3.20. The maximum Gasteiger partial charge on any atom is 0.305 e. The van der Waals surface area contributed by atoms with Crippen molar-refractivity contribution in [3.05, 3.63) is 75.9 Å². The van der Waals surface area contributed by atoms with Crippen LogP contribution in [0.25, 0.3) is 21.7 Å². The zero-order valence-corrected chi connectivity index (χ0v) is 15.9. The van der Waals surface area contributed by atoms with Gasteiger partial charge in [0.15, 0.2) is 5.76 Å². The Hall–Kier alpha value is -3.94. The van der Waals surface area contributed by atoms with E-state index in [9.17, 15) is 14.4 Å². The maximum atomic E-state index is 12.5. The Bertz CT molecular complexity index is 1320. The smallest absolute Gasteiger partial charge is 0.305 e. The molecule has 0 aliphatic rings. The number of furan rings is 1. The molecule has 2 amide bonds. The summed E-state index contributed by atoms with van der Waals surface area (Å²) in [5, 5.41) is 6.23. The van der Waals surface area contributed by atoms with Gasteiger partial charge in [-0.15, -0.1) is 0 Å². The topological polar surface area (TPSA) is 106 Å². The van der Waals surface area contributed by atoms with E-state index in [0.29, 0.717) is 22.2 Å². The average Bonchev–Trinajstić information content (AvgIpc) is 3.07. The third-order valence-corrected chi connectivity index (χ3v) is 4.71. The fraction of sp³-hybridized carbons (Fsp3) is 0.143. The molecule has 0 spiro atoms. The van der Waals surface area contributed by atoms with Crippen LogP contribution in [-0.2, 0) is 11.3 Å². The number of carbonyl (C=O) groups excluding carboxylic acids is 2. The van der Waals surface area contributed by atoms with Crippen molar-refractivity contribution >= 4 is 33.6 Å². The van der Waals surface area contributed by atoms with Crippen LogP contribution in [0.3, 0.4) is 0 Å². The molecule has 4 rings (SSSR count). The molecule has 2 heterocycles. The number of amides is 2. The van der Waals surface area contributed by atoms with Crippen molar-refractivity contribution in [3.8, 4) is 0 Å². The predicted molar refractivity (Wildman–Crippen MR) is 107 cm³/mol. The monoisotopic (exact) mass is 390 g/mol. The minimum absolute atomic E-state index is 0.114. The minimum atomic E-state index is -0.587. The van der Waals surface area contributed by atoms with Crippen molar-refractivity contribution in [3.63, 3.8) is 0 Å². The zero-order chi connectivity index (χ0) is 20.5. The lowest BCUT2D eigenvalue weighted by Gasteiger charge is -2.10. The van der Waals surface area contributed by atoms with Crippen LogP contribution in [0.15, 0.2) is 57.7 Å². The normalized spacial score (nSPS) is 11.0. The highest BCUT2D eigenvalue weighted by atomic mass is 16.3. The molecule has 0 unspecified atom stereocenters. The van der Waals surface area contributed by atoms with Crippen molar-refractivity contribution in [2.45, 2.75) is 20.4 Å². The Balaban J connectivity index is 1.48. The minimum Gasteiger partial charge on any atom is -0.451 e.